The minimum Gasteiger partial charge on any atom is -0.490 e. The molecule has 0 saturated heterocycles. The quantitative estimate of drug-likeness (QED) is 0.573. The number of Topliss-reactive ketones (excluding diaryl/α,β-unsaturated/α-hetero) is 1. The number of carbonyl (C=O) groups excluding carboxylic acids is 2. The van der Waals surface area contributed by atoms with E-state index in [2.05, 4.69) is 10.6 Å². The van der Waals surface area contributed by atoms with E-state index in [1.54, 1.807) is 18.2 Å². The molecule has 6 heteroatoms. The van der Waals surface area contributed by atoms with E-state index in [1.807, 2.05) is 13.8 Å². The molecule has 0 aliphatic carbocycles. The van der Waals surface area contributed by atoms with Crippen LogP contribution in [0, 0.1) is 0 Å². The maximum atomic E-state index is 11.8. The lowest BCUT2D eigenvalue weighted by atomic mass is 10.1. The number of rotatable bonds is 10. The van der Waals surface area contributed by atoms with E-state index in [0.717, 1.165) is 13.0 Å². The molecule has 0 unspecified atom stereocenters. The molecule has 0 fully saturated rings. The summed E-state index contributed by atoms with van der Waals surface area (Å²) in [6, 6.07) is 4.92. The predicted octanol–water partition coefficient (Wildman–Crippen LogP) is 1.98. The van der Waals surface area contributed by atoms with Gasteiger partial charge in [0.15, 0.2) is 5.78 Å². The highest BCUT2D eigenvalue weighted by Gasteiger charge is 2.13. The number of aliphatic hydroxyl groups excluding tert-OH is 1. The Bertz CT molecular complexity index is 531. The highest BCUT2D eigenvalue weighted by Crippen LogP contribution is 2.24. The third-order valence-corrected chi connectivity index (χ3v) is 3.18. The molecule has 6 nitrogen and oxygen atoms in total. The fraction of sp³-hybridized carbons (Fsp3) is 0.529. The largest absolute Gasteiger partial charge is 0.490 e. The fourth-order valence-electron chi connectivity index (χ4n) is 2.02. The Labute approximate surface area is 137 Å². The summed E-state index contributed by atoms with van der Waals surface area (Å²) in [7, 11) is 0. The Morgan fingerprint density at radius 3 is 2.65 bits per heavy atom. The number of hydrogen-bond acceptors (Lipinski definition) is 5. The summed E-state index contributed by atoms with van der Waals surface area (Å²) >= 11 is 0. The van der Waals surface area contributed by atoms with Crippen molar-refractivity contribution in [2.45, 2.75) is 39.7 Å². The van der Waals surface area contributed by atoms with Crippen LogP contribution < -0.4 is 15.4 Å². The number of amides is 1. The Morgan fingerprint density at radius 2 is 2.04 bits per heavy atom. The lowest BCUT2D eigenvalue weighted by Gasteiger charge is -2.15. The van der Waals surface area contributed by atoms with Crippen LogP contribution in [-0.4, -0.2) is 42.6 Å². The van der Waals surface area contributed by atoms with Gasteiger partial charge in [0.2, 0.25) is 5.91 Å². The summed E-state index contributed by atoms with van der Waals surface area (Å²) < 4.78 is 5.54. The maximum Gasteiger partial charge on any atom is 0.224 e. The molecule has 1 aromatic carbocycles. The lowest BCUT2D eigenvalue weighted by Crippen LogP contribution is -2.31. The summed E-state index contributed by atoms with van der Waals surface area (Å²) in [5.74, 6) is 0.158. The van der Waals surface area contributed by atoms with Gasteiger partial charge >= 0.3 is 0 Å². The van der Waals surface area contributed by atoms with Gasteiger partial charge < -0.3 is 20.5 Å². The number of nitrogens with one attached hydrogen (secondary N) is 2. The first kappa shape index (κ1) is 19.1. The van der Waals surface area contributed by atoms with Crippen molar-refractivity contribution in [1.82, 2.24) is 5.32 Å². The molecule has 0 saturated carbocycles. The Kier molecular flexibility index (Phi) is 8.29. The van der Waals surface area contributed by atoms with Gasteiger partial charge in [-0.25, -0.2) is 0 Å². The van der Waals surface area contributed by atoms with Gasteiger partial charge in [-0.05, 0) is 38.1 Å². The number of benzene rings is 1. The molecular formula is C17H26N2O4. The molecule has 1 aromatic rings. The van der Waals surface area contributed by atoms with Crippen LogP contribution in [0.2, 0.25) is 0 Å². The van der Waals surface area contributed by atoms with Crippen molar-refractivity contribution in [3.8, 4) is 5.75 Å². The van der Waals surface area contributed by atoms with Crippen LogP contribution in [-0.2, 0) is 4.79 Å². The van der Waals surface area contributed by atoms with Crippen LogP contribution in [0.1, 0.15) is 44.0 Å². The van der Waals surface area contributed by atoms with Crippen molar-refractivity contribution in [3.05, 3.63) is 23.8 Å². The van der Waals surface area contributed by atoms with Gasteiger partial charge in [-0.3, -0.25) is 9.59 Å². The van der Waals surface area contributed by atoms with Crippen LogP contribution in [0.4, 0.5) is 5.69 Å². The molecular weight excluding hydrogens is 296 g/mol. The van der Waals surface area contributed by atoms with Crippen molar-refractivity contribution in [3.63, 3.8) is 0 Å². The van der Waals surface area contributed by atoms with Crippen molar-refractivity contribution in [2.24, 2.45) is 0 Å². The van der Waals surface area contributed by atoms with Crippen LogP contribution in [0.5, 0.6) is 5.75 Å². The van der Waals surface area contributed by atoms with Gasteiger partial charge in [-0.2, -0.15) is 0 Å². The minimum absolute atomic E-state index is 0.0864. The summed E-state index contributed by atoms with van der Waals surface area (Å²) in [6.07, 6.45) is 0.541. The van der Waals surface area contributed by atoms with Gasteiger partial charge in [0.05, 0.1) is 5.56 Å². The molecule has 0 bridgehead atoms. The number of hydrogen-bond donors (Lipinski definition) is 3. The first-order chi connectivity index (χ1) is 11.0. The lowest BCUT2D eigenvalue weighted by molar-refractivity contribution is -0.116. The number of ether oxygens (including phenoxy) is 1. The SMILES string of the molecule is CCCC(=O)Nc1ccc(OC[C@H](O)CNCC)c(C(C)=O)c1. The first-order valence-corrected chi connectivity index (χ1v) is 7.94. The van der Waals surface area contributed by atoms with Gasteiger partial charge in [0.25, 0.3) is 0 Å². The average molecular weight is 322 g/mol. The summed E-state index contributed by atoms with van der Waals surface area (Å²) in [5.41, 5.74) is 0.948. The number of aliphatic hydroxyl groups is 1. The van der Waals surface area contributed by atoms with Crippen molar-refractivity contribution < 1.29 is 19.4 Å². The number of ketones is 1. The van der Waals surface area contributed by atoms with Crippen LogP contribution in [0.3, 0.4) is 0 Å². The molecule has 0 spiro atoms. The minimum atomic E-state index is -0.654. The maximum absolute atomic E-state index is 11.8. The fourth-order valence-corrected chi connectivity index (χ4v) is 2.02. The monoisotopic (exact) mass is 322 g/mol. The van der Waals surface area contributed by atoms with Gasteiger partial charge in [0, 0.05) is 18.7 Å². The van der Waals surface area contributed by atoms with E-state index in [-0.39, 0.29) is 18.3 Å². The van der Waals surface area contributed by atoms with Crippen LogP contribution in [0.15, 0.2) is 18.2 Å². The number of anilines is 1. The molecule has 1 amide bonds. The zero-order valence-electron chi connectivity index (χ0n) is 14.0. The van der Waals surface area contributed by atoms with Gasteiger partial charge in [-0.15, -0.1) is 0 Å². The molecule has 3 N–H and O–H groups in total. The zero-order valence-corrected chi connectivity index (χ0v) is 14.0. The highest BCUT2D eigenvalue weighted by molar-refractivity contribution is 5.99. The molecule has 0 radical (unpaired) electrons. The second-order valence-corrected chi connectivity index (χ2v) is 5.34. The molecule has 0 aliphatic rings. The predicted molar refractivity (Wildman–Crippen MR) is 90.0 cm³/mol. The molecule has 1 atom stereocenters. The normalized spacial score (nSPS) is 11.8. The van der Waals surface area contributed by atoms with E-state index < -0.39 is 6.10 Å². The van der Waals surface area contributed by atoms with Gasteiger partial charge in [0.1, 0.15) is 18.5 Å². The summed E-state index contributed by atoms with van der Waals surface area (Å²) in [4.78, 5) is 23.4. The average Bonchev–Trinajstić information content (AvgIpc) is 2.51. The van der Waals surface area contributed by atoms with E-state index >= 15 is 0 Å². The Morgan fingerprint density at radius 1 is 1.30 bits per heavy atom. The zero-order chi connectivity index (χ0) is 17.2. The van der Waals surface area contributed by atoms with E-state index in [4.69, 9.17) is 4.74 Å². The second kappa shape index (κ2) is 9.97. The number of likely N-dealkylation sites (N-methyl/N-ethyl adjacent to an activating group) is 1. The van der Waals surface area contributed by atoms with Crippen molar-refractivity contribution in [2.75, 3.05) is 25.0 Å². The highest BCUT2D eigenvalue weighted by atomic mass is 16.5. The second-order valence-electron chi connectivity index (χ2n) is 5.34. The third-order valence-electron chi connectivity index (χ3n) is 3.18. The van der Waals surface area contributed by atoms with Crippen LogP contribution >= 0.6 is 0 Å². The summed E-state index contributed by atoms with van der Waals surface area (Å²) in [6.45, 7) is 6.60. The molecule has 1 rings (SSSR count). The molecule has 0 aliphatic heterocycles. The summed E-state index contributed by atoms with van der Waals surface area (Å²) in [5, 5.41) is 15.5. The van der Waals surface area contributed by atoms with Crippen LogP contribution in [0.25, 0.3) is 0 Å². The number of carbonyl (C=O) groups is 2. The Balaban J connectivity index is 2.76. The molecule has 128 valence electrons. The van der Waals surface area contributed by atoms with Crippen molar-refractivity contribution >= 4 is 17.4 Å². The standard InChI is InChI=1S/C17H26N2O4/c1-4-6-17(22)19-13-7-8-16(15(9-13)12(3)20)23-11-14(21)10-18-5-2/h7-9,14,18,21H,4-6,10-11H2,1-3H3,(H,19,22)/t14-/m1/s1. The first-order valence-electron chi connectivity index (χ1n) is 7.94. The smallest absolute Gasteiger partial charge is 0.224 e. The van der Waals surface area contributed by atoms with E-state index in [9.17, 15) is 14.7 Å². The Hall–Kier alpha value is -1.92. The van der Waals surface area contributed by atoms with Gasteiger partial charge in [-0.1, -0.05) is 13.8 Å². The molecule has 0 heterocycles. The van der Waals surface area contributed by atoms with E-state index in [1.165, 1.54) is 6.92 Å². The topological polar surface area (TPSA) is 87.7 Å². The van der Waals surface area contributed by atoms with E-state index in [0.29, 0.717) is 30.0 Å². The molecule has 23 heavy (non-hydrogen) atoms. The van der Waals surface area contributed by atoms with Crippen molar-refractivity contribution in [1.29, 1.82) is 0 Å². The molecule has 0 aromatic heterocycles. The third kappa shape index (κ3) is 6.80.